The van der Waals surface area contributed by atoms with Gasteiger partial charge in [-0.3, -0.25) is 4.79 Å². The first-order valence-electron chi connectivity index (χ1n) is 8.92. The highest BCUT2D eigenvalue weighted by Crippen LogP contribution is 2.34. The monoisotopic (exact) mass is 403 g/mol. The van der Waals surface area contributed by atoms with Gasteiger partial charge in [-0.25, -0.2) is 4.39 Å². The second-order valence-electron chi connectivity index (χ2n) is 6.67. The number of benzene rings is 2. The van der Waals surface area contributed by atoms with Crippen LogP contribution in [-0.4, -0.2) is 21.2 Å². The SMILES string of the molecule is O=C(NC1CCc2cc(-c3noc(C(F)F)n3)ccc21)c1cccc(CO)c1F. The van der Waals surface area contributed by atoms with E-state index >= 15 is 0 Å². The molecule has 2 aromatic carbocycles. The van der Waals surface area contributed by atoms with Crippen LogP contribution in [0, 0.1) is 5.82 Å². The molecule has 1 aliphatic carbocycles. The maximum Gasteiger partial charge on any atom is 0.315 e. The number of fused-ring (bicyclic) bond motifs is 1. The number of nitrogens with zero attached hydrogens (tertiary/aromatic N) is 2. The van der Waals surface area contributed by atoms with Gasteiger partial charge in [0.25, 0.3) is 11.8 Å². The summed E-state index contributed by atoms with van der Waals surface area (Å²) >= 11 is 0. The van der Waals surface area contributed by atoms with E-state index in [0.29, 0.717) is 18.4 Å². The Morgan fingerprint density at radius 2 is 2.14 bits per heavy atom. The number of nitrogens with one attached hydrogen (secondary N) is 1. The number of hydrogen-bond acceptors (Lipinski definition) is 5. The Hall–Kier alpha value is -3.20. The van der Waals surface area contributed by atoms with Gasteiger partial charge in [-0.2, -0.15) is 13.8 Å². The minimum atomic E-state index is -2.84. The molecule has 0 saturated carbocycles. The Bertz CT molecular complexity index is 1070. The van der Waals surface area contributed by atoms with Crippen molar-refractivity contribution in [3.63, 3.8) is 0 Å². The Kier molecular flexibility index (Phi) is 5.06. The van der Waals surface area contributed by atoms with Gasteiger partial charge in [0, 0.05) is 11.1 Å². The zero-order valence-electron chi connectivity index (χ0n) is 15.0. The smallest absolute Gasteiger partial charge is 0.315 e. The van der Waals surface area contributed by atoms with Crippen molar-refractivity contribution in [3.8, 4) is 11.4 Å². The largest absolute Gasteiger partial charge is 0.392 e. The minimum absolute atomic E-state index is 0.0531. The van der Waals surface area contributed by atoms with Crippen LogP contribution in [0.5, 0.6) is 0 Å². The summed E-state index contributed by atoms with van der Waals surface area (Å²) in [4.78, 5) is 16.2. The molecule has 1 aromatic heterocycles. The Balaban J connectivity index is 1.54. The molecule has 29 heavy (non-hydrogen) atoms. The van der Waals surface area contributed by atoms with Crippen molar-refractivity contribution < 1.29 is 27.6 Å². The zero-order valence-corrected chi connectivity index (χ0v) is 15.0. The van der Waals surface area contributed by atoms with Gasteiger partial charge < -0.3 is 14.9 Å². The van der Waals surface area contributed by atoms with Crippen LogP contribution in [0.25, 0.3) is 11.4 Å². The number of carbonyl (C=O) groups excluding carboxylic acids is 1. The lowest BCUT2D eigenvalue weighted by molar-refractivity contribution is 0.0932. The van der Waals surface area contributed by atoms with Crippen molar-refractivity contribution in [2.45, 2.75) is 31.9 Å². The number of alkyl halides is 2. The number of aromatic nitrogens is 2. The lowest BCUT2D eigenvalue weighted by Gasteiger charge is -2.15. The maximum atomic E-state index is 14.3. The van der Waals surface area contributed by atoms with E-state index in [1.165, 1.54) is 18.2 Å². The summed E-state index contributed by atoms with van der Waals surface area (Å²) in [5.74, 6) is -1.98. The predicted molar refractivity (Wildman–Crippen MR) is 95.5 cm³/mol. The number of halogens is 3. The molecule has 1 heterocycles. The first kappa shape index (κ1) is 19.1. The summed E-state index contributed by atoms with van der Waals surface area (Å²) in [7, 11) is 0. The van der Waals surface area contributed by atoms with Crippen molar-refractivity contribution in [2.75, 3.05) is 0 Å². The van der Waals surface area contributed by atoms with Gasteiger partial charge in [-0.15, -0.1) is 0 Å². The Labute approximate surface area is 163 Å². The van der Waals surface area contributed by atoms with E-state index in [4.69, 9.17) is 5.11 Å². The van der Waals surface area contributed by atoms with Gasteiger partial charge in [-0.1, -0.05) is 29.4 Å². The van der Waals surface area contributed by atoms with Gasteiger partial charge in [0.2, 0.25) is 5.82 Å². The van der Waals surface area contributed by atoms with Crippen LogP contribution >= 0.6 is 0 Å². The maximum absolute atomic E-state index is 14.3. The third-order valence-corrected chi connectivity index (χ3v) is 4.91. The topological polar surface area (TPSA) is 88.3 Å². The van der Waals surface area contributed by atoms with Gasteiger partial charge in [0.05, 0.1) is 18.2 Å². The van der Waals surface area contributed by atoms with E-state index in [9.17, 15) is 18.0 Å². The number of amides is 1. The van der Waals surface area contributed by atoms with Gasteiger partial charge in [0.1, 0.15) is 5.82 Å². The summed E-state index contributed by atoms with van der Waals surface area (Å²) in [5.41, 5.74) is 2.23. The molecule has 0 radical (unpaired) electrons. The van der Waals surface area contributed by atoms with E-state index in [1.54, 1.807) is 18.2 Å². The first-order valence-corrected chi connectivity index (χ1v) is 8.92. The highest BCUT2D eigenvalue weighted by atomic mass is 19.3. The minimum Gasteiger partial charge on any atom is -0.392 e. The van der Waals surface area contributed by atoms with Crippen molar-refractivity contribution in [3.05, 3.63) is 70.4 Å². The molecule has 6 nitrogen and oxygen atoms in total. The highest BCUT2D eigenvalue weighted by Gasteiger charge is 2.27. The van der Waals surface area contributed by atoms with Crippen molar-refractivity contribution in [2.24, 2.45) is 0 Å². The Morgan fingerprint density at radius 3 is 2.86 bits per heavy atom. The van der Waals surface area contributed by atoms with Crippen molar-refractivity contribution in [1.82, 2.24) is 15.5 Å². The molecule has 9 heteroatoms. The number of carbonyl (C=O) groups is 1. The standard InChI is InChI=1S/C20H16F3N3O3/c21-16-12(9-27)2-1-3-14(16)19(28)24-15-7-5-10-8-11(4-6-13(10)15)18-25-20(17(22)23)29-26-18/h1-4,6,8,15,17,27H,5,7,9H2,(H,24,28). The van der Waals surface area contributed by atoms with Gasteiger partial charge in [-0.05, 0) is 36.1 Å². The molecule has 0 bridgehead atoms. The molecule has 150 valence electrons. The molecule has 1 amide bonds. The van der Waals surface area contributed by atoms with E-state index < -0.39 is 30.6 Å². The molecule has 2 N–H and O–H groups in total. The molecule has 1 unspecified atom stereocenters. The van der Waals surface area contributed by atoms with Gasteiger partial charge >= 0.3 is 6.43 Å². The third kappa shape index (κ3) is 3.61. The number of aliphatic hydroxyl groups excluding tert-OH is 1. The van der Waals surface area contributed by atoms with Crippen LogP contribution in [0.1, 0.15) is 51.8 Å². The number of rotatable bonds is 5. The summed E-state index contributed by atoms with van der Waals surface area (Å²) in [6, 6.07) is 9.17. The average Bonchev–Trinajstić information content (AvgIpc) is 3.35. The lowest BCUT2D eigenvalue weighted by Crippen LogP contribution is -2.28. The van der Waals surface area contributed by atoms with Crippen molar-refractivity contribution >= 4 is 5.91 Å². The van der Waals surface area contributed by atoms with Crippen LogP contribution in [0.4, 0.5) is 13.2 Å². The third-order valence-electron chi connectivity index (χ3n) is 4.91. The molecular weight excluding hydrogens is 387 g/mol. The van der Waals surface area contributed by atoms with Crippen LogP contribution in [-0.2, 0) is 13.0 Å². The zero-order chi connectivity index (χ0) is 20.5. The number of hydrogen-bond donors (Lipinski definition) is 2. The number of aliphatic hydroxyl groups is 1. The summed E-state index contributed by atoms with van der Waals surface area (Å²) in [5, 5.41) is 15.5. The predicted octanol–water partition coefficient (Wildman–Crippen LogP) is 3.72. The fraction of sp³-hybridized carbons (Fsp3) is 0.250. The molecule has 0 saturated heterocycles. The molecule has 1 atom stereocenters. The lowest BCUT2D eigenvalue weighted by atomic mass is 10.0. The Morgan fingerprint density at radius 1 is 1.31 bits per heavy atom. The summed E-state index contributed by atoms with van der Waals surface area (Å²) < 4.78 is 44.1. The molecule has 4 rings (SSSR count). The number of aryl methyl sites for hydroxylation is 1. The molecule has 0 spiro atoms. The van der Waals surface area contributed by atoms with E-state index in [2.05, 4.69) is 20.0 Å². The molecular formula is C20H16F3N3O3. The fourth-order valence-electron chi connectivity index (χ4n) is 3.46. The fourth-order valence-corrected chi connectivity index (χ4v) is 3.46. The molecule has 1 aliphatic rings. The summed E-state index contributed by atoms with van der Waals surface area (Å²) in [6.45, 7) is -0.495. The van der Waals surface area contributed by atoms with Crippen LogP contribution in [0.2, 0.25) is 0 Å². The van der Waals surface area contributed by atoms with E-state index in [1.807, 2.05) is 0 Å². The van der Waals surface area contributed by atoms with Crippen molar-refractivity contribution in [1.29, 1.82) is 0 Å². The van der Waals surface area contributed by atoms with E-state index in [0.717, 1.165) is 11.1 Å². The molecule has 0 aliphatic heterocycles. The molecule has 3 aromatic rings. The normalized spacial score (nSPS) is 15.6. The van der Waals surface area contributed by atoms with Crippen LogP contribution < -0.4 is 5.32 Å². The van der Waals surface area contributed by atoms with Crippen LogP contribution in [0.3, 0.4) is 0 Å². The van der Waals surface area contributed by atoms with Crippen LogP contribution in [0.15, 0.2) is 40.9 Å². The first-order chi connectivity index (χ1) is 14.0. The summed E-state index contributed by atoms with van der Waals surface area (Å²) in [6.07, 6.45) is -1.58. The van der Waals surface area contributed by atoms with E-state index in [-0.39, 0.29) is 23.0 Å². The second kappa shape index (κ2) is 7.67. The average molecular weight is 403 g/mol. The quantitative estimate of drug-likeness (QED) is 0.678. The molecule has 0 fully saturated rings. The highest BCUT2D eigenvalue weighted by molar-refractivity contribution is 5.95. The van der Waals surface area contributed by atoms with Gasteiger partial charge in [0.15, 0.2) is 0 Å². The second-order valence-corrected chi connectivity index (χ2v) is 6.67.